The third-order valence-corrected chi connectivity index (χ3v) is 4.42. The molecule has 0 spiro atoms. The van der Waals surface area contributed by atoms with Gasteiger partial charge in [0.2, 0.25) is 0 Å². The number of ether oxygens (including phenoxy) is 1. The summed E-state index contributed by atoms with van der Waals surface area (Å²) in [5.41, 5.74) is 2.21. The molecule has 0 saturated heterocycles. The average molecular weight is 316 g/mol. The molecule has 1 aromatic carbocycles. The van der Waals surface area contributed by atoms with Gasteiger partial charge in [-0.1, -0.05) is 29.8 Å². The van der Waals surface area contributed by atoms with E-state index in [9.17, 15) is 4.79 Å². The van der Waals surface area contributed by atoms with Crippen LogP contribution in [0.15, 0.2) is 24.3 Å². The van der Waals surface area contributed by atoms with Crippen LogP contribution in [0.1, 0.15) is 57.2 Å². The first kappa shape index (κ1) is 16.3. The molecule has 1 aromatic rings. The Hall–Kier alpha value is -1.55. The Bertz CT molecular complexity index is 558. The van der Waals surface area contributed by atoms with Crippen LogP contribution < -0.4 is 10.6 Å². The van der Waals surface area contributed by atoms with Crippen LogP contribution >= 0.6 is 0 Å². The van der Waals surface area contributed by atoms with Crippen molar-refractivity contribution < 1.29 is 9.53 Å². The molecule has 3 unspecified atom stereocenters. The van der Waals surface area contributed by atoms with Gasteiger partial charge in [0, 0.05) is 18.1 Å². The maximum absolute atomic E-state index is 11.8. The summed E-state index contributed by atoms with van der Waals surface area (Å²) in [7, 11) is 0. The van der Waals surface area contributed by atoms with Gasteiger partial charge in [-0.15, -0.1) is 0 Å². The fourth-order valence-corrected chi connectivity index (χ4v) is 2.94. The Kier molecular flexibility index (Phi) is 4.37. The van der Waals surface area contributed by atoms with Crippen LogP contribution in [-0.2, 0) is 4.74 Å². The molecule has 0 aliphatic heterocycles. The maximum Gasteiger partial charge on any atom is 0.407 e. The summed E-state index contributed by atoms with van der Waals surface area (Å²) in [4.78, 5) is 11.8. The molecule has 4 heteroatoms. The summed E-state index contributed by atoms with van der Waals surface area (Å²) in [5.74, 6) is 0.737. The molecule has 4 nitrogen and oxygen atoms in total. The molecule has 2 aliphatic rings. The highest BCUT2D eigenvalue weighted by Crippen LogP contribution is 2.42. The molecular weight excluding hydrogens is 288 g/mol. The Morgan fingerprint density at radius 2 is 1.83 bits per heavy atom. The number of carbonyl (C=O) groups excluding carboxylic acids is 1. The topological polar surface area (TPSA) is 50.4 Å². The second-order valence-corrected chi connectivity index (χ2v) is 7.99. The molecule has 3 atom stereocenters. The van der Waals surface area contributed by atoms with Gasteiger partial charge < -0.3 is 15.4 Å². The van der Waals surface area contributed by atoms with Crippen LogP contribution in [-0.4, -0.2) is 23.8 Å². The highest BCUT2D eigenvalue weighted by molar-refractivity contribution is 5.68. The third kappa shape index (κ3) is 4.71. The fraction of sp³-hybridized carbons (Fsp3) is 0.632. The minimum absolute atomic E-state index is 0.191. The number of carbonyl (C=O) groups is 1. The lowest BCUT2D eigenvalue weighted by molar-refractivity contribution is 0.0521. The summed E-state index contributed by atoms with van der Waals surface area (Å²) in [6.45, 7) is 7.77. The fourth-order valence-electron chi connectivity index (χ4n) is 2.94. The molecule has 3 rings (SSSR count). The lowest BCUT2D eigenvalue weighted by Crippen LogP contribution is -2.37. The zero-order valence-electron chi connectivity index (χ0n) is 14.6. The minimum Gasteiger partial charge on any atom is -0.444 e. The predicted molar refractivity (Wildman–Crippen MR) is 91.3 cm³/mol. The van der Waals surface area contributed by atoms with Gasteiger partial charge in [-0.2, -0.15) is 0 Å². The second kappa shape index (κ2) is 6.16. The monoisotopic (exact) mass is 316 g/mol. The molecule has 0 bridgehead atoms. The average Bonchev–Trinajstić information content (AvgIpc) is 3.31. The van der Waals surface area contributed by atoms with Crippen LogP contribution in [0.4, 0.5) is 4.79 Å². The molecule has 2 aliphatic carbocycles. The molecule has 126 valence electrons. The Labute approximate surface area is 139 Å². The van der Waals surface area contributed by atoms with Crippen molar-refractivity contribution in [3.63, 3.8) is 0 Å². The van der Waals surface area contributed by atoms with E-state index in [-0.39, 0.29) is 12.1 Å². The van der Waals surface area contributed by atoms with Crippen LogP contribution in [0, 0.1) is 12.8 Å². The van der Waals surface area contributed by atoms with Crippen molar-refractivity contribution in [3.05, 3.63) is 35.4 Å². The third-order valence-electron chi connectivity index (χ3n) is 4.42. The maximum atomic E-state index is 11.8. The number of nitrogens with one attached hydrogen (secondary N) is 2. The summed E-state index contributed by atoms with van der Waals surface area (Å²) >= 11 is 0. The molecule has 2 N–H and O–H groups in total. The number of benzene rings is 1. The van der Waals surface area contributed by atoms with E-state index in [1.165, 1.54) is 24.0 Å². The summed E-state index contributed by atoms with van der Waals surface area (Å²) < 4.78 is 5.32. The van der Waals surface area contributed by atoms with E-state index in [1.54, 1.807) is 0 Å². The SMILES string of the molecule is Cc1ccc(C(NC2CC2NC(=O)OC(C)(C)C)C2CC2)cc1. The van der Waals surface area contributed by atoms with Gasteiger partial charge in [-0.3, -0.25) is 0 Å². The van der Waals surface area contributed by atoms with Crippen molar-refractivity contribution in [1.82, 2.24) is 10.6 Å². The quantitative estimate of drug-likeness (QED) is 0.871. The molecular formula is C19H28N2O2. The van der Waals surface area contributed by atoms with Crippen LogP contribution in [0.2, 0.25) is 0 Å². The Morgan fingerprint density at radius 3 is 2.39 bits per heavy atom. The van der Waals surface area contributed by atoms with E-state index < -0.39 is 5.60 Å². The number of alkyl carbamates (subject to hydrolysis) is 1. The Balaban J connectivity index is 1.52. The Morgan fingerprint density at radius 1 is 1.17 bits per heavy atom. The zero-order valence-corrected chi connectivity index (χ0v) is 14.6. The van der Waals surface area contributed by atoms with E-state index in [0.717, 1.165) is 12.3 Å². The molecule has 2 fully saturated rings. The normalized spacial score (nSPS) is 24.9. The molecule has 0 aromatic heterocycles. The predicted octanol–water partition coefficient (Wildman–Crippen LogP) is 3.70. The number of hydrogen-bond donors (Lipinski definition) is 2. The van der Waals surface area contributed by atoms with Gasteiger partial charge in [0.15, 0.2) is 0 Å². The van der Waals surface area contributed by atoms with Crippen LogP contribution in [0.5, 0.6) is 0 Å². The number of aryl methyl sites for hydroxylation is 1. The van der Waals surface area contributed by atoms with Crippen LogP contribution in [0.25, 0.3) is 0 Å². The second-order valence-electron chi connectivity index (χ2n) is 7.99. The largest absolute Gasteiger partial charge is 0.444 e. The number of hydrogen-bond acceptors (Lipinski definition) is 3. The van der Waals surface area contributed by atoms with E-state index in [2.05, 4.69) is 41.8 Å². The van der Waals surface area contributed by atoms with E-state index >= 15 is 0 Å². The minimum atomic E-state index is -0.444. The standard InChI is InChI=1S/C19H28N2O2/c1-12-5-7-13(8-6-12)17(14-9-10-14)20-15-11-16(15)21-18(22)23-19(2,3)4/h5-8,14-17,20H,9-11H2,1-4H3,(H,21,22). The highest BCUT2D eigenvalue weighted by Gasteiger charge is 2.43. The highest BCUT2D eigenvalue weighted by atomic mass is 16.6. The lowest BCUT2D eigenvalue weighted by Gasteiger charge is -2.21. The van der Waals surface area contributed by atoms with E-state index in [0.29, 0.717) is 12.1 Å². The van der Waals surface area contributed by atoms with Crippen molar-refractivity contribution in [2.45, 2.75) is 70.7 Å². The van der Waals surface area contributed by atoms with Gasteiger partial charge in [0.25, 0.3) is 0 Å². The van der Waals surface area contributed by atoms with E-state index in [1.807, 2.05) is 20.8 Å². The molecule has 0 heterocycles. The zero-order chi connectivity index (χ0) is 16.6. The van der Waals surface area contributed by atoms with Gasteiger partial charge in [-0.25, -0.2) is 4.79 Å². The lowest BCUT2D eigenvalue weighted by atomic mass is 10.0. The van der Waals surface area contributed by atoms with Gasteiger partial charge in [0.05, 0.1) is 0 Å². The molecule has 0 radical (unpaired) electrons. The molecule has 1 amide bonds. The first-order valence-electron chi connectivity index (χ1n) is 8.64. The number of amides is 1. The van der Waals surface area contributed by atoms with E-state index in [4.69, 9.17) is 4.74 Å². The summed E-state index contributed by atoms with van der Waals surface area (Å²) in [6, 6.07) is 9.76. The van der Waals surface area contributed by atoms with Crippen molar-refractivity contribution in [2.24, 2.45) is 5.92 Å². The smallest absolute Gasteiger partial charge is 0.407 e. The number of rotatable bonds is 5. The van der Waals surface area contributed by atoms with Gasteiger partial charge >= 0.3 is 6.09 Å². The van der Waals surface area contributed by atoms with Gasteiger partial charge in [0.1, 0.15) is 5.60 Å². The van der Waals surface area contributed by atoms with Crippen molar-refractivity contribution in [1.29, 1.82) is 0 Å². The molecule has 23 heavy (non-hydrogen) atoms. The first-order chi connectivity index (χ1) is 10.8. The first-order valence-corrected chi connectivity index (χ1v) is 8.64. The summed E-state index contributed by atoms with van der Waals surface area (Å²) in [5, 5.41) is 6.70. The van der Waals surface area contributed by atoms with Crippen molar-refractivity contribution in [3.8, 4) is 0 Å². The van der Waals surface area contributed by atoms with Gasteiger partial charge in [-0.05, 0) is 58.4 Å². The molecule has 2 saturated carbocycles. The van der Waals surface area contributed by atoms with Crippen molar-refractivity contribution >= 4 is 6.09 Å². The van der Waals surface area contributed by atoms with Crippen molar-refractivity contribution in [2.75, 3.05) is 0 Å². The van der Waals surface area contributed by atoms with Crippen LogP contribution in [0.3, 0.4) is 0 Å². The summed E-state index contributed by atoms with van der Waals surface area (Å²) in [6.07, 6.45) is 3.25.